The minimum Gasteiger partial charge on any atom is -0.207 e. The molecule has 4 rings (SSSR count). The smallest absolute Gasteiger partial charge is 0.207 e. The van der Waals surface area contributed by atoms with Crippen LogP contribution in [0.25, 0.3) is 11.0 Å². The van der Waals surface area contributed by atoms with E-state index in [1.807, 2.05) is 18.2 Å². The number of aryl methyl sites for hydroxylation is 1. The monoisotopic (exact) mass is 359 g/mol. The van der Waals surface area contributed by atoms with Gasteiger partial charge in [0.25, 0.3) is 0 Å². The first-order chi connectivity index (χ1) is 11.6. The molecule has 2 aromatic carbocycles. The van der Waals surface area contributed by atoms with Crippen LogP contribution in [0.15, 0.2) is 47.4 Å². The molecule has 1 aliphatic carbocycles. The van der Waals surface area contributed by atoms with E-state index in [4.69, 9.17) is 0 Å². The molecule has 1 heterocycles. The predicted molar refractivity (Wildman–Crippen MR) is 94.5 cm³/mol. The highest BCUT2D eigenvalue weighted by Crippen LogP contribution is 2.37. The summed E-state index contributed by atoms with van der Waals surface area (Å²) in [5.74, 6) is 0. The normalized spacial score (nSPS) is 18.0. The van der Waals surface area contributed by atoms with Crippen molar-refractivity contribution in [3.63, 3.8) is 0 Å². The molecule has 0 saturated heterocycles. The van der Waals surface area contributed by atoms with Crippen LogP contribution in [0.1, 0.15) is 30.0 Å². The number of sulfonamides is 1. The molecule has 24 heavy (non-hydrogen) atoms. The number of hydrogen-bond acceptors (Lipinski definition) is 5. The van der Waals surface area contributed by atoms with Gasteiger partial charge in [0.1, 0.15) is 15.9 Å². The lowest BCUT2D eigenvalue weighted by Gasteiger charge is -2.32. The van der Waals surface area contributed by atoms with Gasteiger partial charge in [0.15, 0.2) is 0 Å². The van der Waals surface area contributed by atoms with Crippen molar-refractivity contribution in [2.45, 2.75) is 30.2 Å². The third-order valence-electron chi connectivity index (χ3n) is 4.68. The van der Waals surface area contributed by atoms with E-state index in [0.29, 0.717) is 11.0 Å². The number of aromatic nitrogens is 2. The lowest BCUT2D eigenvalue weighted by molar-refractivity contribution is 0.337. The maximum Gasteiger partial charge on any atom is 0.245 e. The maximum absolute atomic E-state index is 13.2. The number of nitrogens with zero attached hydrogens (tertiary/aromatic N) is 3. The molecule has 0 saturated carbocycles. The van der Waals surface area contributed by atoms with Gasteiger partial charge in [-0.15, -0.1) is 0 Å². The Morgan fingerprint density at radius 1 is 1.12 bits per heavy atom. The summed E-state index contributed by atoms with van der Waals surface area (Å²) in [6, 6.07) is 13.1. The topological polar surface area (TPSA) is 63.2 Å². The van der Waals surface area contributed by atoms with Gasteiger partial charge >= 0.3 is 0 Å². The lowest BCUT2D eigenvalue weighted by Crippen LogP contribution is -2.33. The van der Waals surface area contributed by atoms with Gasteiger partial charge in [-0.1, -0.05) is 30.3 Å². The first-order valence-electron chi connectivity index (χ1n) is 7.86. The molecule has 0 bridgehead atoms. The second-order valence-electron chi connectivity index (χ2n) is 6.02. The molecule has 124 valence electrons. The SMILES string of the molecule is CN([C@@H]1CCCc2ccccc21)S(=O)(=O)c1cccc2nsnc12. The molecule has 0 spiro atoms. The molecule has 0 amide bonds. The van der Waals surface area contributed by atoms with Gasteiger partial charge in [0.2, 0.25) is 10.0 Å². The average Bonchev–Trinajstić information content (AvgIpc) is 3.09. The van der Waals surface area contributed by atoms with Crippen LogP contribution in [0.4, 0.5) is 0 Å². The van der Waals surface area contributed by atoms with E-state index in [1.165, 1.54) is 9.87 Å². The number of hydrogen-bond donors (Lipinski definition) is 0. The van der Waals surface area contributed by atoms with Crippen LogP contribution in [0.3, 0.4) is 0 Å². The van der Waals surface area contributed by atoms with Crippen molar-refractivity contribution in [1.29, 1.82) is 0 Å². The van der Waals surface area contributed by atoms with Gasteiger partial charge in [-0.3, -0.25) is 0 Å². The highest BCUT2D eigenvalue weighted by molar-refractivity contribution is 7.89. The molecule has 0 aliphatic heterocycles. The van der Waals surface area contributed by atoms with E-state index in [1.54, 1.807) is 25.2 Å². The van der Waals surface area contributed by atoms with Crippen LogP contribution in [0.5, 0.6) is 0 Å². The molecule has 0 unspecified atom stereocenters. The van der Waals surface area contributed by atoms with Gasteiger partial charge in [0.05, 0.1) is 11.7 Å². The fourth-order valence-corrected chi connectivity index (χ4v) is 5.53. The summed E-state index contributed by atoms with van der Waals surface area (Å²) in [7, 11) is -1.97. The van der Waals surface area contributed by atoms with Gasteiger partial charge < -0.3 is 0 Å². The zero-order valence-corrected chi connectivity index (χ0v) is 14.8. The molecule has 1 atom stereocenters. The molecule has 0 N–H and O–H groups in total. The zero-order valence-electron chi connectivity index (χ0n) is 13.2. The number of benzene rings is 2. The summed E-state index contributed by atoms with van der Waals surface area (Å²) < 4.78 is 36.3. The summed E-state index contributed by atoms with van der Waals surface area (Å²) in [6.45, 7) is 0. The fourth-order valence-electron chi connectivity index (χ4n) is 3.42. The standard InChI is InChI=1S/C17H17N3O2S2/c1-20(15-10-4-7-12-6-2-3-8-13(12)15)24(21,22)16-11-5-9-14-17(16)19-23-18-14/h2-3,5-6,8-9,11,15H,4,7,10H2,1H3/t15-/m1/s1. The van der Waals surface area contributed by atoms with Crippen LogP contribution in [-0.4, -0.2) is 28.5 Å². The molecule has 0 fully saturated rings. The van der Waals surface area contributed by atoms with E-state index in [9.17, 15) is 8.42 Å². The molecule has 1 aromatic heterocycles. The first-order valence-corrected chi connectivity index (χ1v) is 10.0. The molecular weight excluding hydrogens is 342 g/mol. The van der Waals surface area contributed by atoms with Gasteiger partial charge in [-0.25, -0.2) is 8.42 Å². The molecule has 3 aromatic rings. The fraction of sp³-hybridized carbons (Fsp3) is 0.294. The summed E-state index contributed by atoms with van der Waals surface area (Å²) in [6.07, 6.45) is 2.83. The van der Waals surface area contributed by atoms with Crippen LogP contribution >= 0.6 is 11.7 Å². The minimum atomic E-state index is -3.64. The predicted octanol–water partition coefficient (Wildman–Crippen LogP) is 3.39. The Labute approximate surface area is 145 Å². The van der Waals surface area contributed by atoms with Crippen molar-refractivity contribution < 1.29 is 8.42 Å². The van der Waals surface area contributed by atoms with Crippen molar-refractivity contribution >= 4 is 32.8 Å². The molecular formula is C17H17N3O2S2. The zero-order chi connectivity index (χ0) is 16.7. The maximum atomic E-state index is 13.2. The number of fused-ring (bicyclic) bond motifs is 2. The minimum absolute atomic E-state index is 0.137. The Morgan fingerprint density at radius 3 is 2.83 bits per heavy atom. The van der Waals surface area contributed by atoms with E-state index in [-0.39, 0.29) is 10.9 Å². The van der Waals surface area contributed by atoms with Crippen molar-refractivity contribution in [2.75, 3.05) is 7.05 Å². The van der Waals surface area contributed by atoms with Gasteiger partial charge in [-0.2, -0.15) is 13.1 Å². The van der Waals surface area contributed by atoms with E-state index in [0.717, 1.165) is 36.6 Å². The van der Waals surface area contributed by atoms with Crippen LogP contribution in [0.2, 0.25) is 0 Å². The Bertz CT molecular complexity index is 998. The van der Waals surface area contributed by atoms with Crippen molar-refractivity contribution in [3.8, 4) is 0 Å². The van der Waals surface area contributed by atoms with E-state index in [2.05, 4.69) is 14.8 Å². The van der Waals surface area contributed by atoms with Crippen LogP contribution < -0.4 is 0 Å². The van der Waals surface area contributed by atoms with Crippen LogP contribution in [-0.2, 0) is 16.4 Å². The quantitative estimate of drug-likeness (QED) is 0.719. The third-order valence-corrected chi connectivity index (χ3v) is 7.12. The summed E-state index contributed by atoms with van der Waals surface area (Å²) in [4.78, 5) is 0.235. The van der Waals surface area contributed by atoms with Gasteiger partial charge in [-0.05, 0) is 42.5 Å². The summed E-state index contributed by atoms with van der Waals surface area (Å²) in [5.41, 5.74) is 3.43. The highest BCUT2D eigenvalue weighted by Gasteiger charge is 2.33. The second-order valence-corrected chi connectivity index (χ2v) is 8.51. The molecule has 5 nitrogen and oxygen atoms in total. The molecule has 7 heteroatoms. The van der Waals surface area contributed by atoms with Crippen molar-refractivity contribution in [2.24, 2.45) is 0 Å². The van der Waals surface area contributed by atoms with E-state index < -0.39 is 10.0 Å². The lowest BCUT2D eigenvalue weighted by atomic mass is 9.88. The Balaban J connectivity index is 1.80. The van der Waals surface area contributed by atoms with Crippen molar-refractivity contribution in [3.05, 3.63) is 53.6 Å². The summed E-state index contributed by atoms with van der Waals surface area (Å²) >= 11 is 1.04. The second kappa shape index (κ2) is 5.91. The number of rotatable bonds is 3. The van der Waals surface area contributed by atoms with Gasteiger partial charge in [0, 0.05) is 13.1 Å². The molecule has 0 radical (unpaired) electrons. The Hall–Kier alpha value is -1.83. The average molecular weight is 359 g/mol. The Morgan fingerprint density at radius 2 is 1.96 bits per heavy atom. The Kier molecular flexibility index (Phi) is 3.86. The van der Waals surface area contributed by atoms with Crippen LogP contribution in [0, 0.1) is 0 Å². The third kappa shape index (κ3) is 2.44. The molecule has 1 aliphatic rings. The van der Waals surface area contributed by atoms with Crippen molar-refractivity contribution in [1.82, 2.24) is 13.1 Å². The first kappa shape index (κ1) is 15.7. The highest BCUT2D eigenvalue weighted by atomic mass is 32.2. The summed E-state index contributed by atoms with van der Waals surface area (Å²) in [5, 5.41) is 0. The van der Waals surface area contributed by atoms with E-state index >= 15 is 0 Å². The largest absolute Gasteiger partial charge is 0.245 e.